The van der Waals surface area contributed by atoms with Gasteiger partial charge in [0.15, 0.2) is 0 Å². The Morgan fingerprint density at radius 3 is 3.11 bits per heavy atom. The van der Waals surface area contributed by atoms with Crippen LogP contribution in [0.25, 0.3) is 0 Å². The maximum absolute atomic E-state index is 5.83. The molecule has 2 N–H and O–H groups in total. The Hall–Kier alpha value is -1.32. The van der Waals surface area contributed by atoms with Crippen LogP contribution < -0.4 is 5.73 Å². The largest absolute Gasteiger partial charge is 0.399 e. The number of rotatable bonds is 3. The summed E-state index contributed by atoms with van der Waals surface area (Å²) in [6, 6.07) is 11.1. The molecule has 2 heterocycles. The van der Waals surface area contributed by atoms with E-state index in [2.05, 4.69) is 35.4 Å². The summed E-state index contributed by atoms with van der Waals surface area (Å²) in [6.45, 7) is 4.61. The van der Waals surface area contributed by atoms with E-state index in [4.69, 9.17) is 5.73 Å². The van der Waals surface area contributed by atoms with Crippen molar-refractivity contribution in [3.8, 4) is 0 Å². The van der Waals surface area contributed by atoms with Crippen molar-refractivity contribution in [1.82, 2.24) is 4.90 Å². The van der Waals surface area contributed by atoms with Crippen molar-refractivity contribution >= 4 is 17.0 Å². The Bertz CT molecular complexity index is 561. The lowest BCUT2D eigenvalue weighted by Crippen LogP contribution is -2.34. The number of nitrogens with zero attached hydrogens (tertiary/aromatic N) is 1. The van der Waals surface area contributed by atoms with Crippen molar-refractivity contribution in [2.45, 2.75) is 25.8 Å². The van der Waals surface area contributed by atoms with Crippen LogP contribution in [-0.2, 0) is 12.8 Å². The first-order chi connectivity index (χ1) is 9.24. The molecule has 0 bridgehead atoms. The molecule has 19 heavy (non-hydrogen) atoms. The van der Waals surface area contributed by atoms with Crippen LogP contribution in [0, 0.1) is 0 Å². The summed E-state index contributed by atoms with van der Waals surface area (Å²) in [5, 5.41) is 2.22. The molecule has 100 valence electrons. The smallest absolute Gasteiger partial charge is 0.0331 e. The fourth-order valence-corrected chi connectivity index (χ4v) is 3.85. The second-order valence-corrected chi connectivity index (χ2v) is 6.26. The van der Waals surface area contributed by atoms with E-state index in [-0.39, 0.29) is 0 Å². The number of nitrogen functional groups attached to an aromatic ring is 1. The molecule has 3 heteroatoms. The highest BCUT2D eigenvalue weighted by atomic mass is 32.1. The van der Waals surface area contributed by atoms with Crippen molar-refractivity contribution in [2.24, 2.45) is 0 Å². The van der Waals surface area contributed by atoms with Crippen molar-refractivity contribution in [3.63, 3.8) is 0 Å². The van der Waals surface area contributed by atoms with Gasteiger partial charge in [0.05, 0.1) is 0 Å². The minimum atomic E-state index is 0.552. The third-order valence-electron chi connectivity index (χ3n) is 4.04. The molecular weight excluding hydrogens is 252 g/mol. The molecule has 1 aliphatic heterocycles. The Labute approximate surface area is 118 Å². The van der Waals surface area contributed by atoms with Gasteiger partial charge in [0.25, 0.3) is 0 Å². The summed E-state index contributed by atoms with van der Waals surface area (Å²) in [6.07, 6.45) is 2.28. The van der Waals surface area contributed by atoms with Crippen LogP contribution in [-0.4, -0.2) is 18.0 Å². The number of fused-ring (bicyclic) bond motifs is 1. The molecule has 0 aliphatic carbocycles. The Kier molecular flexibility index (Phi) is 3.58. The van der Waals surface area contributed by atoms with Crippen LogP contribution in [0.1, 0.15) is 29.0 Å². The number of hydrogen-bond donors (Lipinski definition) is 1. The van der Waals surface area contributed by atoms with Gasteiger partial charge in [-0.05, 0) is 54.5 Å². The van der Waals surface area contributed by atoms with Crippen molar-refractivity contribution in [1.29, 1.82) is 0 Å². The maximum Gasteiger partial charge on any atom is 0.0331 e. The number of benzene rings is 1. The first-order valence-electron chi connectivity index (χ1n) is 6.89. The van der Waals surface area contributed by atoms with Crippen LogP contribution in [0.15, 0.2) is 35.7 Å². The molecule has 2 nitrogen and oxygen atoms in total. The molecule has 0 fully saturated rings. The zero-order chi connectivity index (χ0) is 13.2. The van der Waals surface area contributed by atoms with E-state index in [1.165, 1.54) is 24.1 Å². The SMILES string of the molecule is CC1c2ccsc2CCN1CCc1cccc(N)c1. The second kappa shape index (κ2) is 5.35. The van der Waals surface area contributed by atoms with Gasteiger partial charge in [-0.15, -0.1) is 11.3 Å². The average molecular weight is 272 g/mol. The van der Waals surface area contributed by atoms with Gasteiger partial charge in [-0.1, -0.05) is 12.1 Å². The lowest BCUT2D eigenvalue weighted by atomic mass is 10.0. The first-order valence-corrected chi connectivity index (χ1v) is 7.77. The summed E-state index contributed by atoms with van der Waals surface area (Å²) in [7, 11) is 0. The Morgan fingerprint density at radius 2 is 2.26 bits per heavy atom. The van der Waals surface area contributed by atoms with E-state index in [0.717, 1.165) is 18.7 Å². The van der Waals surface area contributed by atoms with Gasteiger partial charge in [0, 0.05) is 29.7 Å². The minimum Gasteiger partial charge on any atom is -0.399 e. The molecular formula is C16H20N2S. The zero-order valence-corrected chi connectivity index (χ0v) is 12.1. The molecule has 1 unspecified atom stereocenters. The monoisotopic (exact) mass is 272 g/mol. The molecule has 1 aromatic carbocycles. The fraction of sp³-hybridized carbons (Fsp3) is 0.375. The summed E-state index contributed by atoms with van der Waals surface area (Å²) >= 11 is 1.90. The summed E-state index contributed by atoms with van der Waals surface area (Å²) in [5.41, 5.74) is 9.56. The quantitative estimate of drug-likeness (QED) is 0.867. The molecule has 0 amide bonds. The highest BCUT2D eigenvalue weighted by Crippen LogP contribution is 2.32. The molecule has 1 aliphatic rings. The van der Waals surface area contributed by atoms with Crippen LogP contribution in [0.4, 0.5) is 5.69 Å². The number of anilines is 1. The molecule has 0 spiro atoms. The lowest BCUT2D eigenvalue weighted by molar-refractivity contribution is 0.203. The zero-order valence-electron chi connectivity index (χ0n) is 11.3. The van der Waals surface area contributed by atoms with E-state index < -0.39 is 0 Å². The summed E-state index contributed by atoms with van der Waals surface area (Å²) < 4.78 is 0. The molecule has 0 radical (unpaired) electrons. The van der Waals surface area contributed by atoms with Gasteiger partial charge in [-0.2, -0.15) is 0 Å². The van der Waals surface area contributed by atoms with Gasteiger partial charge in [0.1, 0.15) is 0 Å². The highest BCUT2D eigenvalue weighted by molar-refractivity contribution is 7.10. The van der Waals surface area contributed by atoms with E-state index in [1.807, 2.05) is 23.5 Å². The maximum atomic E-state index is 5.83. The predicted molar refractivity (Wildman–Crippen MR) is 82.6 cm³/mol. The van der Waals surface area contributed by atoms with Crippen LogP contribution in [0.3, 0.4) is 0 Å². The molecule has 0 saturated carbocycles. The van der Waals surface area contributed by atoms with Gasteiger partial charge >= 0.3 is 0 Å². The normalized spacial score (nSPS) is 19.3. The Balaban J connectivity index is 1.65. The fourth-order valence-electron chi connectivity index (χ4n) is 2.89. The van der Waals surface area contributed by atoms with Crippen molar-refractivity contribution in [3.05, 3.63) is 51.7 Å². The molecule has 1 atom stereocenters. The summed E-state index contributed by atoms with van der Waals surface area (Å²) in [5.74, 6) is 0. The second-order valence-electron chi connectivity index (χ2n) is 5.26. The molecule has 2 aromatic rings. The topological polar surface area (TPSA) is 29.3 Å². The Morgan fingerprint density at radius 1 is 1.37 bits per heavy atom. The number of hydrogen-bond acceptors (Lipinski definition) is 3. The first kappa shape index (κ1) is 12.7. The van der Waals surface area contributed by atoms with Crippen molar-refractivity contribution in [2.75, 3.05) is 18.8 Å². The summed E-state index contributed by atoms with van der Waals surface area (Å²) in [4.78, 5) is 4.16. The molecule has 3 rings (SSSR count). The van der Waals surface area contributed by atoms with E-state index in [0.29, 0.717) is 6.04 Å². The average Bonchev–Trinajstić information content (AvgIpc) is 2.87. The van der Waals surface area contributed by atoms with Gasteiger partial charge < -0.3 is 5.73 Å². The third-order valence-corrected chi connectivity index (χ3v) is 5.04. The molecule has 0 saturated heterocycles. The van der Waals surface area contributed by atoms with Crippen LogP contribution in [0.5, 0.6) is 0 Å². The lowest BCUT2D eigenvalue weighted by Gasteiger charge is -2.33. The van der Waals surface area contributed by atoms with E-state index in [1.54, 1.807) is 4.88 Å². The third kappa shape index (κ3) is 2.67. The van der Waals surface area contributed by atoms with Crippen molar-refractivity contribution < 1.29 is 0 Å². The predicted octanol–water partition coefficient (Wildman–Crippen LogP) is 3.49. The number of thiophene rings is 1. The van der Waals surface area contributed by atoms with Gasteiger partial charge in [-0.3, -0.25) is 4.90 Å². The minimum absolute atomic E-state index is 0.552. The molecule has 1 aromatic heterocycles. The van der Waals surface area contributed by atoms with E-state index >= 15 is 0 Å². The number of nitrogens with two attached hydrogens (primary N) is 1. The van der Waals surface area contributed by atoms with Crippen LogP contribution in [0.2, 0.25) is 0 Å². The standard InChI is InChI=1S/C16H20N2S/c1-12-15-7-10-19-16(15)6-9-18(12)8-5-13-3-2-4-14(17)11-13/h2-4,7,10-12H,5-6,8-9,17H2,1H3. The van der Waals surface area contributed by atoms with E-state index in [9.17, 15) is 0 Å². The van der Waals surface area contributed by atoms with Gasteiger partial charge in [-0.25, -0.2) is 0 Å². The van der Waals surface area contributed by atoms with Crippen LogP contribution >= 0.6 is 11.3 Å². The highest BCUT2D eigenvalue weighted by Gasteiger charge is 2.23. The van der Waals surface area contributed by atoms with Gasteiger partial charge in [0.2, 0.25) is 0 Å².